The lowest BCUT2D eigenvalue weighted by molar-refractivity contribution is -0.141. The molecule has 2 aromatic heterocycles. The highest BCUT2D eigenvalue weighted by molar-refractivity contribution is 5.99. The van der Waals surface area contributed by atoms with Crippen molar-refractivity contribution in [3.05, 3.63) is 29.7 Å². The molecule has 1 aliphatic heterocycles. The number of nitrogens with one attached hydrogen (secondary N) is 1. The van der Waals surface area contributed by atoms with Crippen LogP contribution in [0.25, 0.3) is 10.9 Å². The van der Waals surface area contributed by atoms with Crippen LogP contribution in [0.4, 0.5) is 13.2 Å². The van der Waals surface area contributed by atoms with E-state index in [1.807, 2.05) is 0 Å². The number of nitrogens with zero attached hydrogens (tertiary/aromatic N) is 2. The first-order valence-electron chi connectivity index (χ1n) is 5.31. The average Bonchev–Trinajstić information content (AvgIpc) is 2.67. The summed E-state index contributed by atoms with van der Waals surface area (Å²) in [6.07, 6.45) is -3.31. The molecular weight excluding hydrogens is 247 g/mol. The van der Waals surface area contributed by atoms with Gasteiger partial charge in [0.05, 0.1) is 11.7 Å². The maximum Gasteiger partial charge on any atom is 0.433 e. The highest BCUT2D eigenvalue weighted by atomic mass is 19.4. The van der Waals surface area contributed by atoms with Gasteiger partial charge >= 0.3 is 6.18 Å². The Morgan fingerprint density at radius 3 is 2.83 bits per heavy atom. The van der Waals surface area contributed by atoms with Crippen molar-refractivity contribution in [1.29, 1.82) is 0 Å². The minimum atomic E-state index is -4.47. The maximum atomic E-state index is 12.5. The number of hydrogen-bond acceptors (Lipinski definition) is 2. The number of fused-ring (bicyclic) bond motifs is 3. The third-order valence-electron chi connectivity index (χ3n) is 2.93. The molecule has 1 aliphatic rings. The van der Waals surface area contributed by atoms with Crippen molar-refractivity contribution in [2.45, 2.75) is 12.7 Å². The van der Waals surface area contributed by atoms with Crippen LogP contribution >= 0.6 is 0 Å². The molecule has 18 heavy (non-hydrogen) atoms. The minimum Gasteiger partial charge on any atom is -0.349 e. The molecule has 0 spiro atoms. The number of aromatic nitrogens is 2. The molecule has 0 aromatic carbocycles. The Morgan fingerprint density at radius 1 is 1.33 bits per heavy atom. The van der Waals surface area contributed by atoms with Gasteiger partial charge in [-0.1, -0.05) is 0 Å². The third-order valence-corrected chi connectivity index (χ3v) is 2.93. The summed E-state index contributed by atoms with van der Waals surface area (Å²) < 4.78 is 39.3. The van der Waals surface area contributed by atoms with Gasteiger partial charge in [0.2, 0.25) is 0 Å². The minimum absolute atomic E-state index is 0.272. The number of pyridine rings is 1. The van der Waals surface area contributed by atoms with E-state index in [2.05, 4.69) is 10.3 Å². The van der Waals surface area contributed by atoms with Crippen molar-refractivity contribution in [3.8, 4) is 0 Å². The van der Waals surface area contributed by atoms with E-state index in [1.165, 1.54) is 12.3 Å². The molecule has 0 atom stereocenters. The summed E-state index contributed by atoms with van der Waals surface area (Å²) in [7, 11) is 0. The maximum absolute atomic E-state index is 12.5. The van der Waals surface area contributed by atoms with Crippen LogP contribution in [0.3, 0.4) is 0 Å². The molecular formula is C11H8F3N3O. The Labute approximate surface area is 99.4 Å². The van der Waals surface area contributed by atoms with Gasteiger partial charge in [-0.3, -0.25) is 4.79 Å². The van der Waals surface area contributed by atoms with E-state index in [9.17, 15) is 18.0 Å². The summed E-state index contributed by atoms with van der Waals surface area (Å²) in [5.41, 5.74) is -0.0245. The second-order valence-corrected chi connectivity index (χ2v) is 4.06. The molecule has 1 N–H and O–H groups in total. The summed E-state index contributed by atoms with van der Waals surface area (Å²) in [6, 6.07) is 2.43. The Kier molecular flexibility index (Phi) is 2.13. The first kappa shape index (κ1) is 11.1. The highest BCUT2D eigenvalue weighted by Gasteiger charge is 2.33. The van der Waals surface area contributed by atoms with Crippen LogP contribution in [0.1, 0.15) is 16.2 Å². The van der Waals surface area contributed by atoms with Crippen LogP contribution in [-0.4, -0.2) is 22.0 Å². The molecule has 2 aromatic rings. The summed E-state index contributed by atoms with van der Waals surface area (Å²) >= 11 is 0. The van der Waals surface area contributed by atoms with Gasteiger partial charge in [0.15, 0.2) is 0 Å². The highest BCUT2D eigenvalue weighted by Crippen LogP contribution is 2.30. The summed E-state index contributed by atoms with van der Waals surface area (Å²) in [5.74, 6) is -0.272. The van der Waals surface area contributed by atoms with Gasteiger partial charge in [-0.05, 0) is 12.1 Å². The van der Waals surface area contributed by atoms with Crippen LogP contribution in [0.15, 0.2) is 18.3 Å². The van der Waals surface area contributed by atoms with Gasteiger partial charge in [-0.15, -0.1) is 0 Å². The van der Waals surface area contributed by atoms with E-state index in [-0.39, 0.29) is 5.91 Å². The lowest BCUT2D eigenvalue weighted by Gasteiger charge is -2.16. The Morgan fingerprint density at radius 2 is 2.11 bits per heavy atom. The number of hydrogen-bond donors (Lipinski definition) is 1. The summed E-state index contributed by atoms with van der Waals surface area (Å²) in [4.78, 5) is 15.0. The fraction of sp³-hybridized carbons (Fsp3) is 0.273. The van der Waals surface area contributed by atoms with Crippen LogP contribution in [0, 0.1) is 0 Å². The topological polar surface area (TPSA) is 46.9 Å². The number of rotatable bonds is 0. The van der Waals surface area contributed by atoms with Crippen molar-refractivity contribution in [3.63, 3.8) is 0 Å². The number of amides is 1. The molecule has 0 bridgehead atoms. The quantitative estimate of drug-likeness (QED) is 0.780. The molecule has 0 radical (unpaired) electrons. The molecule has 0 aliphatic carbocycles. The normalized spacial score (nSPS) is 15.6. The molecule has 94 valence electrons. The Bertz CT molecular complexity index is 645. The van der Waals surface area contributed by atoms with Crippen LogP contribution in [-0.2, 0) is 12.7 Å². The lowest BCUT2D eigenvalue weighted by atomic mass is 10.2. The fourth-order valence-electron chi connectivity index (χ4n) is 2.12. The molecule has 7 heteroatoms. The lowest BCUT2D eigenvalue weighted by Crippen LogP contribution is -2.34. The van der Waals surface area contributed by atoms with E-state index >= 15 is 0 Å². The number of halogens is 3. The van der Waals surface area contributed by atoms with Gasteiger partial charge in [0.25, 0.3) is 5.91 Å². The standard InChI is InChI=1S/C11H8F3N3O/c12-11(13,14)9-4-6-3-7-10(18)15-1-2-17(7)8(6)5-16-9/h3-5H,1-2H2,(H,15,18). The van der Waals surface area contributed by atoms with Crippen molar-refractivity contribution >= 4 is 16.8 Å². The van der Waals surface area contributed by atoms with E-state index < -0.39 is 11.9 Å². The molecule has 3 rings (SSSR count). The zero-order valence-electron chi connectivity index (χ0n) is 9.08. The number of alkyl halides is 3. The summed E-state index contributed by atoms with van der Waals surface area (Å²) in [5, 5.41) is 3.02. The average molecular weight is 255 g/mol. The van der Waals surface area contributed by atoms with Gasteiger partial charge in [-0.25, -0.2) is 4.98 Å². The van der Waals surface area contributed by atoms with Crippen LogP contribution in [0.5, 0.6) is 0 Å². The SMILES string of the molecule is O=C1NCCn2c1cc1cc(C(F)(F)F)ncc12. The Hall–Kier alpha value is -2.05. The number of carbonyl (C=O) groups excluding carboxylic acids is 1. The Balaban J connectivity index is 2.22. The predicted octanol–water partition coefficient (Wildman–Crippen LogP) is 1.80. The predicted molar refractivity (Wildman–Crippen MR) is 57.1 cm³/mol. The zero-order chi connectivity index (χ0) is 12.9. The van der Waals surface area contributed by atoms with Crippen molar-refractivity contribution in [2.24, 2.45) is 0 Å². The first-order valence-corrected chi connectivity index (χ1v) is 5.31. The zero-order valence-corrected chi connectivity index (χ0v) is 9.08. The van der Waals surface area contributed by atoms with Gasteiger partial charge in [-0.2, -0.15) is 13.2 Å². The van der Waals surface area contributed by atoms with Gasteiger partial charge in [0, 0.05) is 18.5 Å². The van der Waals surface area contributed by atoms with Crippen LogP contribution in [0.2, 0.25) is 0 Å². The largest absolute Gasteiger partial charge is 0.433 e. The molecule has 3 heterocycles. The van der Waals surface area contributed by atoms with Gasteiger partial charge in [0.1, 0.15) is 11.4 Å². The monoisotopic (exact) mass is 255 g/mol. The molecule has 0 saturated heterocycles. The molecule has 0 unspecified atom stereocenters. The molecule has 0 saturated carbocycles. The van der Waals surface area contributed by atoms with Gasteiger partial charge < -0.3 is 9.88 Å². The van der Waals surface area contributed by atoms with Crippen molar-refractivity contribution in [1.82, 2.24) is 14.9 Å². The van der Waals surface area contributed by atoms with E-state index in [1.54, 1.807) is 4.57 Å². The second kappa shape index (κ2) is 3.47. The van der Waals surface area contributed by atoms with E-state index in [0.29, 0.717) is 29.7 Å². The first-order chi connectivity index (χ1) is 8.47. The third kappa shape index (κ3) is 1.54. The van der Waals surface area contributed by atoms with E-state index in [4.69, 9.17) is 0 Å². The number of carbonyl (C=O) groups is 1. The summed E-state index contributed by atoms with van der Waals surface area (Å²) in [6.45, 7) is 1.01. The smallest absolute Gasteiger partial charge is 0.349 e. The molecule has 1 amide bonds. The van der Waals surface area contributed by atoms with Crippen LogP contribution < -0.4 is 5.32 Å². The van der Waals surface area contributed by atoms with Crippen molar-refractivity contribution < 1.29 is 18.0 Å². The fourth-order valence-corrected chi connectivity index (χ4v) is 2.12. The molecule has 0 fully saturated rings. The van der Waals surface area contributed by atoms with Crippen molar-refractivity contribution in [2.75, 3.05) is 6.54 Å². The van der Waals surface area contributed by atoms with E-state index in [0.717, 1.165) is 6.07 Å². The molecule has 4 nitrogen and oxygen atoms in total. The second-order valence-electron chi connectivity index (χ2n) is 4.06.